The molecule has 0 unspecified atom stereocenters. The van der Waals surface area contributed by atoms with Gasteiger partial charge >= 0.3 is 6.09 Å². The van der Waals surface area contributed by atoms with Crippen molar-refractivity contribution < 1.29 is 14.3 Å². The smallest absolute Gasteiger partial charge is 0.415 e. The molecule has 104 valence electrons. The van der Waals surface area contributed by atoms with E-state index in [0.29, 0.717) is 11.5 Å². The van der Waals surface area contributed by atoms with Gasteiger partial charge in [0.2, 0.25) is 0 Å². The summed E-state index contributed by atoms with van der Waals surface area (Å²) in [6, 6.07) is 7.21. The van der Waals surface area contributed by atoms with Gasteiger partial charge in [-0.3, -0.25) is 0 Å². The Balaban J connectivity index is 1.94. The monoisotopic (exact) mass is 263 g/mol. The number of piperidine rings is 1. The zero-order valence-electron chi connectivity index (χ0n) is 11.6. The van der Waals surface area contributed by atoms with E-state index in [9.17, 15) is 4.79 Å². The van der Waals surface area contributed by atoms with Gasteiger partial charge in [0.25, 0.3) is 0 Å². The average molecular weight is 263 g/mol. The van der Waals surface area contributed by atoms with E-state index in [4.69, 9.17) is 9.47 Å². The number of amides is 1. The molecule has 0 atom stereocenters. The number of carbonyl (C=O) groups excluding carboxylic acids is 1. The number of hydrogen-bond donors (Lipinski definition) is 0. The van der Waals surface area contributed by atoms with Crippen LogP contribution in [0.4, 0.5) is 4.79 Å². The van der Waals surface area contributed by atoms with Crippen LogP contribution in [-0.4, -0.2) is 31.2 Å². The fourth-order valence-electron chi connectivity index (χ4n) is 2.39. The first kappa shape index (κ1) is 13.7. The molecule has 1 saturated heterocycles. The van der Waals surface area contributed by atoms with Crippen LogP contribution in [0.5, 0.6) is 11.5 Å². The third-order valence-corrected chi connectivity index (χ3v) is 3.72. The van der Waals surface area contributed by atoms with Crippen LogP contribution < -0.4 is 9.47 Å². The molecule has 1 aromatic rings. The molecule has 0 aromatic heterocycles. The number of benzene rings is 1. The Morgan fingerprint density at radius 3 is 2.47 bits per heavy atom. The second-order valence-electron chi connectivity index (χ2n) is 4.86. The summed E-state index contributed by atoms with van der Waals surface area (Å²) in [5.41, 5.74) is 0. The Hall–Kier alpha value is -1.71. The van der Waals surface area contributed by atoms with E-state index in [0.717, 1.165) is 31.8 Å². The molecule has 0 saturated carbocycles. The van der Waals surface area contributed by atoms with Crippen molar-refractivity contribution in [2.45, 2.75) is 26.2 Å². The first-order valence-corrected chi connectivity index (χ1v) is 6.84. The minimum absolute atomic E-state index is 0.279. The molecule has 0 aliphatic carbocycles. The fourth-order valence-corrected chi connectivity index (χ4v) is 2.39. The van der Waals surface area contributed by atoms with Crippen molar-refractivity contribution in [3.63, 3.8) is 0 Å². The quantitative estimate of drug-likeness (QED) is 0.839. The van der Waals surface area contributed by atoms with Crippen LogP contribution in [0.2, 0.25) is 0 Å². The average Bonchev–Trinajstić information content (AvgIpc) is 2.48. The van der Waals surface area contributed by atoms with E-state index in [1.54, 1.807) is 24.1 Å². The first-order valence-electron chi connectivity index (χ1n) is 6.84. The molecule has 4 heteroatoms. The molecule has 1 aromatic carbocycles. The maximum Gasteiger partial charge on any atom is 0.415 e. The molecule has 1 aliphatic heterocycles. The predicted molar refractivity (Wildman–Crippen MR) is 73.6 cm³/mol. The van der Waals surface area contributed by atoms with E-state index in [2.05, 4.69) is 6.92 Å². The highest BCUT2D eigenvalue weighted by atomic mass is 16.6. The van der Waals surface area contributed by atoms with Crippen LogP contribution in [0.1, 0.15) is 26.2 Å². The van der Waals surface area contributed by atoms with Crippen molar-refractivity contribution >= 4 is 6.09 Å². The minimum atomic E-state index is -0.279. The van der Waals surface area contributed by atoms with Gasteiger partial charge in [-0.05, 0) is 30.9 Å². The van der Waals surface area contributed by atoms with Gasteiger partial charge in [0.05, 0.1) is 7.11 Å². The number of hydrogen-bond acceptors (Lipinski definition) is 3. The van der Waals surface area contributed by atoms with Gasteiger partial charge in [0.15, 0.2) is 11.5 Å². The van der Waals surface area contributed by atoms with E-state index in [1.165, 1.54) is 6.42 Å². The van der Waals surface area contributed by atoms with Crippen molar-refractivity contribution in [3.05, 3.63) is 24.3 Å². The molecule has 0 radical (unpaired) electrons. The van der Waals surface area contributed by atoms with Gasteiger partial charge in [-0.2, -0.15) is 0 Å². The maximum absolute atomic E-state index is 12.1. The Kier molecular flexibility index (Phi) is 4.66. The lowest BCUT2D eigenvalue weighted by Gasteiger charge is -2.30. The van der Waals surface area contributed by atoms with E-state index in [1.807, 2.05) is 12.1 Å². The summed E-state index contributed by atoms with van der Waals surface area (Å²) in [5, 5.41) is 0. The molecule has 0 bridgehead atoms. The summed E-state index contributed by atoms with van der Waals surface area (Å²) in [6.45, 7) is 3.77. The number of para-hydroxylation sites is 2. The lowest BCUT2D eigenvalue weighted by Crippen LogP contribution is -2.40. The van der Waals surface area contributed by atoms with Gasteiger partial charge in [0.1, 0.15) is 0 Å². The van der Waals surface area contributed by atoms with Gasteiger partial charge in [0, 0.05) is 13.1 Å². The van der Waals surface area contributed by atoms with Gasteiger partial charge in [-0.25, -0.2) is 4.79 Å². The Bertz CT molecular complexity index is 425. The molecule has 0 spiro atoms. The van der Waals surface area contributed by atoms with Crippen LogP contribution in [0.25, 0.3) is 0 Å². The summed E-state index contributed by atoms with van der Waals surface area (Å²) in [7, 11) is 1.57. The van der Waals surface area contributed by atoms with Crippen LogP contribution in [0.3, 0.4) is 0 Å². The molecule has 1 amide bonds. The van der Waals surface area contributed by atoms with E-state index in [-0.39, 0.29) is 6.09 Å². The van der Waals surface area contributed by atoms with Gasteiger partial charge in [-0.1, -0.05) is 25.5 Å². The molecule has 2 rings (SSSR count). The number of nitrogens with zero attached hydrogens (tertiary/aromatic N) is 1. The summed E-state index contributed by atoms with van der Waals surface area (Å²) in [4.78, 5) is 13.9. The number of rotatable bonds is 3. The van der Waals surface area contributed by atoms with Crippen molar-refractivity contribution in [2.24, 2.45) is 5.92 Å². The van der Waals surface area contributed by atoms with Crippen LogP contribution >= 0.6 is 0 Å². The third kappa shape index (κ3) is 3.40. The molecular formula is C15H21NO3. The van der Waals surface area contributed by atoms with E-state index >= 15 is 0 Å². The highest BCUT2D eigenvalue weighted by Crippen LogP contribution is 2.27. The van der Waals surface area contributed by atoms with Crippen molar-refractivity contribution in [1.29, 1.82) is 0 Å². The maximum atomic E-state index is 12.1. The second kappa shape index (κ2) is 6.45. The van der Waals surface area contributed by atoms with Crippen molar-refractivity contribution in [3.8, 4) is 11.5 Å². The topological polar surface area (TPSA) is 38.8 Å². The highest BCUT2D eigenvalue weighted by molar-refractivity contribution is 5.71. The molecule has 0 N–H and O–H groups in total. The highest BCUT2D eigenvalue weighted by Gasteiger charge is 2.23. The number of ether oxygens (including phenoxy) is 2. The van der Waals surface area contributed by atoms with Gasteiger partial charge < -0.3 is 14.4 Å². The Morgan fingerprint density at radius 2 is 1.89 bits per heavy atom. The van der Waals surface area contributed by atoms with Crippen LogP contribution in [0, 0.1) is 5.92 Å². The van der Waals surface area contributed by atoms with Crippen molar-refractivity contribution in [1.82, 2.24) is 4.90 Å². The van der Waals surface area contributed by atoms with Crippen LogP contribution in [0.15, 0.2) is 24.3 Å². The SMILES string of the molecule is CCC1CCN(C(=O)Oc2ccccc2OC)CC1. The number of likely N-dealkylation sites (tertiary alicyclic amines) is 1. The Labute approximate surface area is 114 Å². The molecule has 1 fully saturated rings. The predicted octanol–water partition coefficient (Wildman–Crippen LogP) is 3.32. The summed E-state index contributed by atoms with van der Waals surface area (Å²) >= 11 is 0. The number of methoxy groups -OCH3 is 1. The zero-order valence-corrected chi connectivity index (χ0v) is 11.6. The normalized spacial score (nSPS) is 16.2. The first-order chi connectivity index (χ1) is 9.24. The van der Waals surface area contributed by atoms with Crippen molar-refractivity contribution in [2.75, 3.05) is 20.2 Å². The lowest BCUT2D eigenvalue weighted by molar-refractivity contribution is 0.129. The number of carbonyl (C=O) groups is 1. The molecule has 4 nitrogen and oxygen atoms in total. The second-order valence-corrected chi connectivity index (χ2v) is 4.86. The molecule has 1 aliphatic rings. The minimum Gasteiger partial charge on any atom is -0.493 e. The van der Waals surface area contributed by atoms with Crippen LogP contribution in [-0.2, 0) is 0 Å². The molecular weight excluding hydrogens is 242 g/mol. The third-order valence-electron chi connectivity index (χ3n) is 3.72. The lowest BCUT2D eigenvalue weighted by atomic mass is 9.95. The zero-order chi connectivity index (χ0) is 13.7. The largest absolute Gasteiger partial charge is 0.493 e. The van der Waals surface area contributed by atoms with E-state index < -0.39 is 0 Å². The fraction of sp³-hybridized carbons (Fsp3) is 0.533. The summed E-state index contributed by atoms with van der Waals surface area (Å²) < 4.78 is 10.6. The summed E-state index contributed by atoms with van der Waals surface area (Å²) in [5.74, 6) is 1.81. The Morgan fingerprint density at radius 1 is 1.26 bits per heavy atom. The molecule has 1 heterocycles. The standard InChI is InChI=1S/C15H21NO3/c1-3-12-8-10-16(11-9-12)15(17)19-14-7-5-4-6-13(14)18-2/h4-7,12H,3,8-11H2,1-2H3. The molecule has 19 heavy (non-hydrogen) atoms. The summed E-state index contributed by atoms with van der Waals surface area (Å²) in [6.07, 6.45) is 3.05. The van der Waals surface area contributed by atoms with Gasteiger partial charge in [-0.15, -0.1) is 0 Å².